The SMILES string of the molecule is O=C(CNc1ccc(F)cc1)NN=Cc1c2ccccc2c(Cl)c2ccccc12. The fourth-order valence-corrected chi connectivity index (χ4v) is 3.54. The van der Waals surface area contributed by atoms with Crippen LogP contribution in [0.5, 0.6) is 0 Å². The predicted octanol–water partition coefficient (Wildman–Crippen LogP) is 5.35. The monoisotopic (exact) mass is 405 g/mol. The van der Waals surface area contributed by atoms with Crippen LogP contribution >= 0.6 is 11.6 Å². The Kier molecular flexibility index (Phi) is 5.40. The average molecular weight is 406 g/mol. The minimum atomic E-state index is -0.327. The van der Waals surface area contributed by atoms with E-state index >= 15 is 0 Å². The van der Waals surface area contributed by atoms with E-state index in [2.05, 4.69) is 15.8 Å². The quantitative estimate of drug-likeness (QED) is 0.267. The van der Waals surface area contributed by atoms with Crippen molar-refractivity contribution in [1.82, 2.24) is 5.43 Å². The van der Waals surface area contributed by atoms with Crippen molar-refractivity contribution in [2.75, 3.05) is 11.9 Å². The molecule has 0 saturated carbocycles. The van der Waals surface area contributed by atoms with E-state index < -0.39 is 0 Å². The molecule has 0 aliphatic carbocycles. The molecule has 4 nitrogen and oxygen atoms in total. The van der Waals surface area contributed by atoms with E-state index in [1.807, 2.05) is 48.5 Å². The summed E-state index contributed by atoms with van der Waals surface area (Å²) in [5.41, 5.74) is 4.05. The number of carbonyl (C=O) groups is 1. The van der Waals surface area contributed by atoms with Crippen LogP contribution in [0.3, 0.4) is 0 Å². The highest BCUT2D eigenvalue weighted by molar-refractivity contribution is 6.42. The number of rotatable bonds is 5. The van der Waals surface area contributed by atoms with Crippen molar-refractivity contribution in [3.05, 3.63) is 89.2 Å². The van der Waals surface area contributed by atoms with Crippen molar-refractivity contribution < 1.29 is 9.18 Å². The molecule has 0 aliphatic rings. The van der Waals surface area contributed by atoms with Crippen molar-refractivity contribution in [1.29, 1.82) is 0 Å². The van der Waals surface area contributed by atoms with Crippen molar-refractivity contribution in [2.24, 2.45) is 5.10 Å². The lowest BCUT2D eigenvalue weighted by molar-refractivity contribution is -0.119. The molecule has 0 spiro atoms. The first-order valence-electron chi connectivity index (χ1n) is 9.04. The van der Waals surface area contributed by atoms with E-state index in [1.54, 1.807) is 18.3 Å². The number of hydrogen-bond donors (Lipinski definition) is 2. The number of amides is 1. The van der Waals surface area contributed by atoms with Crippen LogP contribution in [0, 0.1) is 5.82 Å². The predicted molar refractivity (Wildman–Crippen MR) is 117 cm³/mol. The Morgan fingerprint density at radius 2 is 1.45 bits per heavy atom. The first kappa shape index (κ1) is 18.9. The molecule has 0 heterocycles. The van der Waals surface area contributed by atoms with Crippen LogP contribution in [0.15, 0.2) is 77.9 Å². The van der Waals surface area contributed by atoms with Crippen molar-refractivity contribution >= 4 is 51.0 Å². The number of halogens is 2. The smallest absolute Gasteiger partial charge is 0.259 e. The highest BCUT2D eigenvalue weighted by Gasteiger charge is 2.10. The highest BCUT2D eigenvalue weighted by atomic mass is 35.5. The van der Waals surface area contributed by atoms with E-state index in [4.69, 9.17) is 11.6 Å². The molecule has 0 aliphatic heterocycles. The highest BCUT2D eigenvalue weighted by Crippen LogP contribution is 2.35. The zero-order valence-corrected chi connectivity index (χ0v) is 16.1. The Hall–Kier alpha value is -3.44. The molecule has 0 atom stereocenters. The molecular weight excluding hydrogens is 389 g/mol. The third-order valence-electron chi connectivity index (χ3n) is 4.59. The van der Waals surface area contributed by atoms with Gasteiger partial charge in [-0.05, 0) is 35.0 Å². The summed E-state index contributed by atoms with van der Waals surface area (Å²) >= 11 is 6.59. The molecule has 4 aromatic carbocycles. The normalized spacial score (nSPS) is 11.2. The minimum absolute atomic E-state index is 0.0189. The molecular formula is C23H17ClFN3O. The van der Waals surface area contributed by atoms with Crippen LogP contribution in [0.2, 0.25) is 5.02 Å². The number of benzene rings is 4. The molecule has 0 radical (unpaired) electrons. The second-order valence-corrected chi connectivity index (χ2v) is 6.85. The fourth-order valence-electron chi connectivity index (χ4n) is 3.21. The second-order valence-electron chi connectivity index (χ2n) is 6.47. The van der Waals surface area contributed by atoms with Crippen LogP contribution in [-0.4, -0.2) is 18.7 Å². The Labute approximate surface area is 172 Å². The Morgan fingerprint density at radius 1 is 0.897 bits per heavy atom. The number of nitrogens with one attached hydrogen (secondary N) is 2. The maximum Gasteiger partial charge on any atom is 0.259 e. The lowest BCUT2D eigenvalue weighted by atomic mass is 9.97. The van der Waals surface area contributed by atoms with Crippen LogP contribution in [0.1, 0.15) is 5.56 Å². The molecule has 1 amide bonds. The fraction of sp³-hybridized carbons (Fsp3) is 0.0435. The average Bonchev–Trinajstić information content (AvgIpc) is 2.76. The van der Waals surface area contributed by atoms with Crippen LogP contribution in [-0.2, 0) is 4.79 Å². The zero-order valence-electron chi connectivity index (χ0n) is 15.3. The van der Waals surface area contributed by atoms with Gasteiger partial charge in [0.15, 0.2) is 0 Å². The minimum Gasteiger partial charge on any atom is -0.376 e. The van der Waals surface area contributed by atoms with Crippen LogP contribution < -0.4 is 10.7 Å². The van der Waals surface area contributed by atoms with Gasteiger partial charge in [0.25, 0.3) is 5.91 Å². The summed E-state index contributed by atoms with van der Waals surface area (Å²) in [6.45, 7) is 0.0189. The lowest BCUT2D eigenvalue weighted by Gasteiger charge is -2.10. The van der Waals surface area contributed by atoms with Gasteiger partial charge in [-0.25, -0.2) is 9.82 Å². The summed E-state index contributed by atoms with van der Waals surface area (Å²) in [7, 11) is 0. The van der Waals surface area contributed by atoms with E-state index in [1.165, 1.54) is 12.1 Å². The molecule has 0 aromatic heterocycles. The number of hydrogen-bond acceptors (Lipinski definition) is 3. The van der Waals surface area contributed by atoms with Crippen molar-refractivity contribution in [3.63, 3.8) is 0 Å². The van der Waals surface area contributed by atoms with Gasteiger partial charge in [0.2, 0.25) is 0 Å². The summed E-state index contributed by atoms with van der Waals surface area (Å²) in [6, 6.07) is 21.4. The molecule has 2 N–H and O–H groups in total. The molecule has 4 aromatic rings. The largest absolute Gasteiger partial charge is 0.376 e. The van der Waals surface area contributed by atoms with Crippen molar-refractivity contribution in [3.8, 4) is 0 Å². The first-order chi connectivity index (χ1) is 14.1. The van der Waals surface area contributed by atoms with Gasteiger partial charge in [0, 0.05) is 22.0 Å². The maximum atomic E-state index is 12.9. The van der Waals surface area contributed by atoms with E-state index in [0.29, 0.717) is 10.7 Å². The summed E-state index contributed by atoms with van der Waals surface area (Å²) < 4.78 is 12.9. The molecule has 29 heavy (non-hydrogen) atoms. The maximum absolute atomic E-state index is 12.9. The molecule has 0 saturated heterocycles. The summed E-state index contributed by atoms with van der Waals surface area (Å²) in [5.74, 6) is -0.639. The number of fused-ring (bicyclic) bond motifs is 2. The van der Waals surface area contributed by atoms with E-state index in [-0.39, 0.29) is 18.3 Å². The Bertz CT molecular complexity index is 1170. The molecule has 0 fully saturated rings. The number of carbonyl (C=O) groups excluding carboxylic acids is 1. The zero-order chi connectivity index (χ0) is 20.2. The summed E-state index contributed by atoms with van der Waals surface area (Å²) in [6.07, 6.45) is 1.64. The van der Waals surface area contributed by atoms with Gasteiger partial charge in [-0.3, -0.25) is 4.79 Å². The third kappa shape index (κ3) is 4.05. The standard InChI is InChI=1S/C23H17ClFN3O/c24-23-19-7-3-1-5-17(19)21(18-6-2-4-8-20(18)23)13-27-28-22(29)14-26-16-11-9-15(25)10-12-16/h1-13,26H,14H2,(H,28,29). The number of nitrogens with zero attached hydrogens (tertiary/aromatic N) is 1. The first-order valence-corrected chi connectivity index (χ1v) is 9.41. The molecule has 4 rings (SSSR count). The number of hydrazone groups is 1. The lowest BCUT2D eigenvalue weighted by Crippen LogP contribution is -2.25. The van der Waals surface area contributed by atoms with E-state index in [0.717, 1.165) is 27.1 Å². The Morgan fingerprint density at radius 3 is 2.03 bits per heavy atom. The molecule has 6 heteroatoms. The van der Waals surface area contributed by atoms with Gasteiger partial charge in [0.05, 0.1) is 17.8 Å². The van der Waals surface area contributed by atoms with E-state index in [9.17, 15) is 9.18 Å². The van der Waals surface area contributed by atoms with Gasteiger partial charge < -0.3 is 5.32 Å². The van der Waals surface area contributed by atoms with Crippen LogP contribution in [0.4, 0.5) is 10.1 Å². The molecule has 0 unspecified atom stereocenters. The molecule has 144 valence electrons. The van der Waals surface area contributed by atoms with Gasteiger partial charge >= 0.3 is 0 Å². The van der Waals surface area contributed by atoms with Gasteiger partial charge in [-0.15, -0.1) is 0 Å². The summed E-state index contributed by atoms with van der Waals surface area (Å²) in [4.78, 5) is 12.1. The molecule has 0 bridgehead atoms. The Balaban J connectivity index is 1.55. The van der Waals surface area contributed by atoms with Gasteiger partial charge in [-0.1, -0.05) is 60.1 Å². The summed E-state index contributed by atoms with van der Waals surface area (Å²) in [5, 5.41) is 11.5. The van der Waals surface area contributed by atoms with Crippen LogP contribution in [0.25, 0.3) is 21.5 Å². The second kappa shape index (κ2) is 8.29. The van der Waals surface area contributed by atoms with Crippen molar-refractivity contribution in [2.45, 2.75) is 0 Å². The topological polar surface area (TPSA) is 53.5 Å². The van der Waals surface area contributed by atoms with Gasteiger partial charge in [0.1, 0.15) is 5.82 Å². The van der Waals surface area contributed by atoms with Gasteiger partial charge in [-0.2, -0.15) is 5.10 Å². The number of anilines is 1. The third-order valence-corrected chi connectivity index (χ3v) is 4.99.